The van der Waals surface area contributed by atoms with E-state index in [1.54, 1.807) is 0 Å². The number of ether oxygens (including phenoxy) is 1. The van der Waals surface area contributed by atoms with Gasteiger partial charge in [0.1, 0.15) is 5.75 Å². The molecular formula is C19H28O. The predicted molar refractivity (Wildman–Crippen MR) is 87.1 cm³/mol. The zero-order valence-electron chi connectivity index (χ0n) is 13.0. The van der Waals surface area contributed by atoms with Gasteiger partial charge in [0.15, 0.2) is 0 Å². The minimum atomic E-state index is 0.738. The fourth-order valence-electron chi connectivity index (χ4n) is 3.03. The normalized spacial score (nSPS) is 18.7. The highest BCUT2D eigenvalue weighted by Gasteiger charge is 2.15. The average Bonchev–Trinajstić information content (AvgIpc) is 2.49. The highest BCUT2D eigenvalue weighted by atomic mass is 16.5. The molecule has 1 heteroatoms. The zero-order valence-corrected chi connectivity index (χ0v) is 13.0. The summed E-state index contributed by atoms with van der Waals surface area (Å²) in [5, 5.41) is 0. The van der Waals surface area contributed by atoms with Crippen molar-refractivity contribution in [3.05, 3.63) is 35.9 Å². The SMILES string of the molecule is CCCCCC1CC=C(c2ccc(OCC)cc2)CC1. The molecule has 0 N–H and O–H groups in total. The van der Waals surface area contributed by atoms with E-state index < -0.39 is 0 Å². The van der Waals surface area contributed by atoms with Gasteiger partial charge in [0.05, 0.1) is 6.61 Å². The predicted octanol–water partition coefficient (Wildman–Crippen LogP) is 5.85. The van der Waals surface area contributed by atoms with Crippen molar-refractivity contribution in [3.8, 4) is 5.75 Å². The fraction of sp³-hybridized carbons (Fsp3) is 0.579. The Morgan fingerprint density at radius 3 is 2.50 bits per heavy atom. The third kappa shape index (κ3) is 4.40. The first-order chi connectivity index (χ1) is 9.83. The minimum absolute atomic E-state index is 0.738. The number of unbranched alkanes of at least 4 members (excludes halogenated alkanes) is 2. The van der Waals surface area contributed by atoms with Gasteiger partial charge in [0.2, 0.25) is 0 Å². The minimum Gasteiger partial charge on any atom is -0.494 e. The lowest BCUT2D eigenvalue weighted by molar-refractivity contribution is 0.340. The average molecular weight is 272 g/mol. The third-order valence-electron chi connectivity index (χ3n) is 4.27. The standard InChI is InChI=1S/C19H28O/c1-3-5-6-7-16-8-10-17(11-9-16)18-12-14-19(15-13-18)20-4-2/h10,12-16H,3-9,11H2,1-2H3. The van der Waals surface area contributed by atoms with Crippen LogP contribution in [0.15, 0.2) is 30.3 Å². The van der Waals surface area contributed by atoms with Crippen LogP contribution >= 0.6 is 0 Å². The lowest BCUT2D eigenvalue weighted by Crippen LogP contribution is -2.05. The van der Waals surface area contributed by atoms with Gasteiger partial charge in [0, 0.05) is 0 Å². The van der Waals surface area contributed by atoms with Crippen LogP contribution in [0.4, 0.5) is 0 Å². The highest BCUT2D eigenvalue weighted by Crippen LogP contribution is 2.33. The summed E-state index contributed by atoms with van der Waals surface area (Å²) >= 11 is 0. The van der Waals surface area contributed by atoms with E-state index in [1.165, 1.54) is 56.1 Å². The van der Waals surface area contributed by atoms with Crippen molar-refractivity contribution in [2.24, 2.45) is 5.92 Å². The first-order valence-corrected chi connectivity index (χ1v) is 8.25. The smallest absolute Gasteiger partial charge is 0.119 e. The molecule has 1 nitrogen and oxygen atoms in total. The Hall–Kier alpha value is -1.24. The number of hydrogen-bond acceptors (Lipinski definition) is 1. The molecule has 110 valence electrons. The molecule has 20 heavy (non-hydrogen) atoms. The van der Waals surface area contributed by atoms with Gasteiger partial charge in [-0.1, -0.05) is 50.8 Å². The summed E-state index contributed by atoms with van der Waals surface area (Å²) in [5.74, 6) is 1.90. The molecule has 0 radical (unpaired) electrons. The van der Waals surface area contributed by atoms with Gasteiger partial charge in [-0.05, 0) is 55.4 Å². The van der Waals surface area contributed by atoms with Crippen molar-refractivity contribution in [2.75, 3.05) is 6.61 Å². The van der Waals surface area contributed by atoms with Crippen LogP contribution in [-0.4, -0.2) is 6.61 Å². The first-order valence-electron chi connectivity index (χ1n) is 8.25. The number of hydrogen-bond donors (Lipinski definition) is 0. The summed E-state index contributed by atoms with van der Waals surface area (Å²) in [6.07, 6.45) is 11.9. The Bertz CT molecular complexity index is 416. The quantitative estimate of drug-likeness (QED) is 0.566. The summed E-state index contributed by atoms with van der Waals surface area (Å²) in [6, 6.07) is 8.59. The molecule has 1 aromatic rings. The van der Waals surface area contributed by atoms with Crippen LogP contribution in [0, 0.1) is 5.92 Å². The van der Waals surface area contributed by atoms with E-state index in [0.717, 1.165) is 18.3 Å². The second kappa shape index (κ2) is 8.14. The molecule has 1 aromatic carbocycles. The molecule has 0 saturated heterocycles. The maximum atomic E-state index is 5.50. The number of benzene rings is 1. The Kier molecular flexibility index (Phi) is 6.17. The highest BCUT2D eigenvalue weighted by molar-refractivity contribution is 5.66. The van der Waals surface area contributed by atoms with E-state index in [9.17, 15) is 0 Å². The van der Waals surface area contributed by atoms with E-state index in [1.807, 2.05) is 6.92 Å². The van der Waals surface area contributed by atoms with Crippen molar-refractivity contribution in [2.45, 2.75) is 58.8 Å². The van der Waals surface area contributed by atoms with Crippen molar-refractivity contribution < 1.29 is 4.74 Å². The molecule has 1 unspecified atom stereocenters. The van der Waals surface area contributed by atoms with E-state index in [2.05, 4.69) is 37.3 Å². The topological polar surface area (TPSA) is 9.23 Å². The maximum absolute atomic E-state index is 5.50. The Labute approximate surface area is 124 Å². The molecule has 1 aliphatic rings. The van der Waals surface area contributed by atoms with Crippen LogP contribution in [0.1, 0.15) is 64.4 Å². The summed E-state index contributed by atoms with van der Waals surface area (Å²) in [6.45, 7) is 5.04. The lowest BCUT2D eigenvalue weighted by Gasteiger charge is -2.22. The van der Waals surface area contributed by atoms with E-state index in [-0.39, 0.29) is 0 Å². The van der Waals surface area contributed by atoms with Crippen LogP contribution in [0.3, 0.4) is 0 Å². The zero-order chi connectivity index (χ0) is 14.2. The van der Waals surface area contributed by atoms with Crippen molar-refractivity contribution >= 4 is 5.57 Å². The van der Waals surface area contributed by atoms with Crippen molar-refractivity contribution in [3.63, 3.8) is 0 Å². The number of allylic oxidation sites excluding steroid dienone is 2. The molecule has 0 aliphatic heterocycles. The Balaban J connectivity index is 1.87. The van der Waals surface area contributed by atoms with Crippen LogP contribution in [-0.2, 0) is 0 Å². The van der Waals surface area contributed by atoms with Gasteiger partial charge in [0.25, 0.3) is 0 Å². The van der Waals surface area contributed by atoms with Crippen LogP contribution < -0.4 is 4.74 Å². The van der Waals surface area contributed by atoms with Gasteiger partial charge < -0.3 is 4.74 Å². The first kappa shape index (κ1) is 15.2. The Morgan fingerprint density at radius 2 is 1.90 bits per heavy atom. The Morgan fingerprint density at radius 1 is 1.10 bits per heavy atom. The van der Waals surface area contributed by atoms with Gasteiger partial charge in [-0.25, -0.2) is 0 Å². The van der Waals surface area contributed by atoms with E-state index in [0.29, 0.717) is 0 Å². The number of rotatable bonds is 7. The summed E-state index contributed by atoms with van der Waals surface area (Å²) in [4.78, 5) is 0. The van der Waals surface area contributed by atoms with Gasteiger partial charge in [-0.2, -0.15) is 0 Å². The largest absolute Gasteiger partial charge is 0.494 e. The molecule has 0 aromatic heterocycles. The van der Waals surface area contributed by atoms with Gasteiger partial charge in [-0.15, -0.1) is 0 Å². The summed E-state index contributed by atoms with van der Waals surface area (Å²) in [7, 11) is 0. The molecule has 1 atom stereocenters. The molecule has 2 rings (SSSR count). The van der Waals surface area contributed by atoms with Crippen LogP contribution in [0.25, 0.3) is 5.57 Å². The molecule has 0 spiro atoms. The van der Waals surface area contributed by atoms with Crippen molar-refractivity contribution in [1.29, 1.82) is 0 Å². The van der Waals surface area contributed by atoms with Gasteiger partial charge >= 0.3 is 0 Å². The van der Waals surface area contributed by atoms with E-state index >= 15 is 0 Å². The molecular weight excluding hydrogens is 244 g/mol. The van der Waals surface area contributed by atoms with Crippen LogP contribution in [0.5, 0.6) is 5.75 Å². The van der Waals surface area contributed by atoms with Crippen LogP contribution in [0.2, 0.25) is 0 Å². The second-order valence-electron chi connectivity index (χ2n) is 5.82. The summed E-state index contributed by atoms with van der Waals surface area (Å²) in [5.41, 5.74) is 2.90. The maximum Gasteiger partial charge on any atom is 0.119 e. The molecule has 0 fully saturated rings. The van der Waals surface area contributed by atoms with Gasteiger partial charge in [-0.3, -0.25) is 0 Å². The third-order valence-corrected chi connectivity index (χ3v) is 4.27. The van der Waals surface area contributed by atoms with E-state index in [4.69, 9.17) is 4.74 Å². The monoisotopic (exact) mass is 272 g/mol. The molecule has 0 saturated carbocycles. The molecule has 1 aliphatic carbocycles. The molecule has 0 heterocycles. The lowest BCUT2D eigenvalue weighted by atomic mass is 9.84. The molecule has 0 amide bonds. The fourth-order valence-corrected chi connectivity index (χ4v) is 3.03. The second-order valence-corrected chi connectivity index (χ2v) is 5.82. The summed E-state index contributed by atoms with van der Waals surface area (Å²) < 4.78 is 5.50. The van der Waals surface area contributed by atoms with Crippen molar-refractivity contribution in [1.82, 2.24) is 0 Å². The molecule has 0 bridgehead atoms.